The first kappa shape index (κ1) is 32.1. The molecule has 1 saturated heterocycles. The molecule has 4 aromatic rings. The van der Waals surface area contributed by atoms with Crippen molar-refractivity contribution in [3.63, 3.8) is 0 Å². The predicted octanol–water partition coefficient (Wildman–Crippen LogP) is 5.14. The lowest BCUT2D eigenvalue weighted by molar-refractivity contribution is 0.0715. The summed E-state index contributed by atoms with van der Waals surface area (Å²) in [4.78, 5) is 37.4. The Morgan fingerprint density at radius 1 is 1.04 bits per heavy atom. The smallest absolute Gasteiger partial charge is 0.256 e. The van der Waals surface area contributed by atoms with Gasteiger partial charge in [0.1, 0.15) is 12.3 Å². The van der Waals surface area contributed by atoms with Crippen LogP contribution in [0, 0.1) is 6.92 Å². The second kappa shape index (κ2) is 14.2. The van der Waals surface area contributed by atoms with Crippen LogP contribution in [0.4, 0.5) is 0 Å². The van der Waals surface area contributed by atoms with Crippen molar-refractivity contribution in [2.24, 2.45) is 0 Å². The Labute approximate surface area is 265 Å². The number of nitrogens with zero attached hydrogens (tertiary/aromatic N) is 3. The van der Waals surface area contributed by atoms with Crippen molar-refractivity contribution in [2.45, 2.75) is 77.1 Å². The first-order valence-electron chi connectivity index (χ1n) is 15.6. The highest BCUT2D eigenvalue weighted by molar-refractivity contribution is 5.99. The quantitative estimate of drug-likeness (QED) is 0.215. The SMILES string of the molecule is Cc1coc(C2CCCN2C(=O)c2cncc(C(=O)NC(Cc3ccccc3)C(O)CNCc3cccc(C(C)(C)C)c3)c2)n1. The minimum absolute atomic E-state index is 0.0449. The predicted molar refractivity (Wildman–Crippen MR) is 173 cm³/mol. The van der Waals surface area contributed by atoms with E-state index >= 15 is 0 Å². The Balaban J connectivity index is 1.26. The van der Waals surface area contributed by atoms with Crippen LogP contribution in [0.5, 0.6) is 0 Å². The van der Waals surface area contributed by atoms with Gasteiger partial charge in [0.25, 0.3) is 11.8 Å². The van der Waals surface area contributed by atoms with Crippen LogP contribution < -0.4 is 10.6 Å². The third kappa shape index (κ3) is 8.23. The maximum Gasteiger partial charge on any atom is 0.256 e. The lowest BCUT2D eigenvalue weighted by Crippen LogP contribution is -2.48. The second-order valence-corrected chi connectivity index (χ2v) is 12.9. The van der Waals surface area contributed by atoms with Crippen LogP contribution in [0.1, 0.15) is 88.6 Å². The van der Waals surface area contributed by atoms with Crippen molar-refractivity contribution in [1.29, 1.82) is 0 Å². The largest absolute Gasteiger partial charge is 0.446 e. The van der Waals surface area contributed by atoms with E-state index in [0.29, 0.717) is 31.0 Å². The summed E-state index contributed by atoms with van der Waals surface area (Å²) in [6, 6.07) is 18.9. The first-order valence-corrected chi connectivity index (χ1v) is 15.6. The molecule has 3 heterocycles. The van der Waals surface area contributed by atoms with Gasteiger partial charge in [-0.2, -0.15) is 0 Å². The minimum Gasteiger partial charge on any atom is -0.446 e. The van der Waals surface area contributed by atoms with E-state index < -0.39 is 18.1 Å². The van der Waals surface area contributed by atoms with Crippen LogP contribution in [0.25, 0.3) is 0 Å². The summed E-state index contributed by atoms with van der Waals surface area (Å²) >= 11 is 0. The molecule has 1 aliphatic heterocycles. The monoisotopic (exact) mass is 609 g/mol. The fourth-order valence-electron chi connectivity index (χ4n) is 5.70. The molecular formula is C36H43N5O4. The lowest BCUT2D eigenvalue weighted by Gasteiger charge is -2.25. The zero-order valence-corrected chi connectivity index (χ0v) is 26.5. The number of hydrogen-bond donors (Lipinski definition) is 3. The Morgan fingerprint density at radius 3 is 2.53 bits per heavy atom. The number of carbonyl (C=O) groups is 2. The molecule has 9 nitrogen and oxygen atoms in total. The fraction of sp³-hybridized carbons (Fsp3) is 0.389. The van der Waals surface area contributed by atoms with E-state index in [1.54, 1.807) is 17.2 Å². The molecule has 2 aromatic carbocycles. The van der Waals surface area contributed by atoms with E-state index in [4.69, 9.17) is 4.42 Å². The van der Waals surface area contributed by atoms with Crippen molar-refractivity contribution < 1.29 is 19.1 Å². The van der Waals surface area contributed by atoms with E-state index in [2.05, 4.69) is 65.6 Å². The molecule has 0 spiro atoms. The molecule has 3 N–H and O–H groups in total. The van der Waals surface area contributed by atoms with Gasteiger partial charge in [0.2, 0.25) is 5.89 Å². The number of pyridine rings is 1. The number of amides is 2. The van der Waals surface area contributed by atoms with Gasteiger partial charge >= 0.3 is 0 Å². The lowest BCUT2D eigenvalue weighted by atomic mass is 9.86. The van der Waals surface area contributed by atoms with Gasteiger partial charge < -0.3 is 25.1 Å². The zero-order valence-electron chi connectivity index (χ0n) is 26.5. The van der Waals surface area contributed by atoms with Crippen molar-refractivity contribution >= 4 is 11.8 Å². The molecular weight excluding hydrogens is 566 g/mol. The summed E-state index contributed by atoms with van der Waals surface area (Å²) in [6.45, 7) is 9.84. The molecule has 3 atom stereocenters. The summed E-state index contributed by atoms with van der Waals surface area (Å²) in [5.41, 5.74) is 4.75. The van der Waals surface area contributed by atoms with Crippen LogP contribution in [0.2, 0.25) is 0 Å². The molecule has 0 aliphatic carbocycles. The summed E-state index contributed by atoms with van der Waals surface area (Å²) in [5, 5.41) is 17.7. The first-order chi connectivity index (χ1) is 21.6. The molecule has 1 fully saturated rings. The van der Waals surface area contributed by atoms with E-state index in [0.717, 1.165) is 29.7 Å². The van der Waals surface area contributed by atoms with E-state index in [-0.39, 0.29) is 29.5 Å². The number of rotatable bonds is 11. The van der Waals surface area contributed by atoms with Gasteiger partial charge in [0.05, 0.1) is 29.0 Å². The highest BCUT2D eigenvalue weighted by Gasteiger charge is 2.34. The highest BCUT2D eigenvalue weighted by Crippen LogP contribution is 2.32. The number of likely N-dealkylation sites (tertiary alicyclic amines) is 1. The van der Waals surface area contributed by atoms with Gasteiger partial charge in [-0.15, -0.1) is 0 Å². The summed E-state index contributed by atoms with van der Waals surface area (Å²) in [5.74, 6) is -0.110. The summed E-state index contributed by atoms with van der Waals surface area (Å²) < 4.78 is 5.60. The summed E-state index contributed by atoms with van der Waals surface area (Å²) in [7, 11) is 0. The van der Waals surface area contributed by atoms with Crippen molar-refractivity contribution in [1.82, 2.24) is 25.5 Å². The molecule has 5 rings (SSSR count). The third-order valence-electron chi connectivity index (χ3n) is 8.24. The molecule has 0 radical (unpaired) electrons. The number of aliphatic hydroxyl groups excluding tert-OH is 1. The number of nitrogens with one attached hydrogen (secondary N) is 2. The van der Waals surface area contributed by atoms with E-state index in [9.17, 15) is 14.7 Å². The molecule has 45 heavy (non-hydrogen) atoms. The number of aliphatic hydroxyl groups is 1. The maximum atomic E-state index is 13.5. The number of carbonyl (C=O) groups excluding carboxylic acids is 2. The number of benzene rings is 2. The molecule has 2 aromatic heterocycles. The van der Waals surface area contributed by atoms with Crippen LogP contribution in [0.15, 0.2) is 83.7 Å². The second-order valence-electron chi connectivity index (χ2n) is 12.9. The van der Waals surface area contributed by atoms with E-state index in [1.165, 1.54) is 18.0 Å². The van der Waals surface area contributed by atoms with Gasteiger partial charge in [-0.3, -0.25) is 14.6 Å². The number of aryl methyl sites for hydroxylation is 1. The molecule has 9 heteroatoms. The Morgan fingerprint density at radius 2 is 1.80 bits per heavy atom. The van der Waals surface area contributed by atoms with Gasteiger partial charge in [0.15, 0.2) is 0 Å². The van der Waals surface area contributed by atoms with Crippen LogP contribution in [0.3, 0.4) is 0 Å². The van der Waals surface area contributed by atoms with Crippen LogP contribution >= 0.6 is 0 Å². The molecule has 2 amide bonds. The molecule has 236 valence electrons. The van der Waals surface area contributed by atoms with Crippen LogP contribution in [-0.2, 0) is 18.4 Å². The van der Waals surface area contributed by atoms with Crippen molar-refractivity contribution in [2.75, 3.05) is 13.1 Å². The molecule has 3 unspecified atom stereocenters. The summed E-state index contributed by atoms with van der Waals surface area (Å²) in [6.07, 6.45) is 5.67. The standard InChI is InChI=1S/C36H43N5O4/c1-24-23-45-34(39-24)31-14-9-15-41(31)35(44)28-18-27(20-38-21-28)33(43)40-30(17-25-10-6-5-7-11-25)32(42)22-37-19-26-12-8-13-29(16-26)36(2,3)4/h5-8,10-13,16,18,20-21,23,30-32,37,42H,9,14-15,17,19,22H2,1-4H3,(H,40,43). The van der Waals surface area contributed by atoms with E-state index in [1.807, 2.05) is 37.3 Å². The zero-order chi connectivity index (χ0) is 32.0. The van der Waals surface area contributed by atoms with Crippen molar-refractivity contribution in [3.8, 4) is 0 Å². The molecule has 1 aliphatic rings. The normalized spacial score (nSPS) is 16.4. The van der Waals surface area contributed by atoms with Gasteiger partial charge in [-0.1, -0.05) is 75.4 Å². The third-order valence-corrected chi connectivity index (χ3v) is 8.24. The number of oxazole rings is 1. The van der Waals surface area contributed by atoms with Gasteiger partial charge in [0, 0.05) is 32.0 Å². The van der Waals surface area contributed by atoms with Crippen molar-refractivity contribution in [3.05, 3.63) is 119 Å². The molecule has 0 bridgehead atoms. The maximum absolute atomic E-state index is 13.5. The fourth-order valence-corrected chi connectivity index (χ4v) is 5.70. The number of aromatic nitrogens is 2. The average Bonchev–Trinajstić information content (AvgIpc) is 3.70. The Hall–Kier alpha value is -4.34. The average molecular weight is 610 g/mol. The Bertz CT molecular complexity index is 1600. The highest BCUT2D eigenvalue weighted by atomic mass is 16.3. The topological polar surface area (TPSA) is 121 Å². The number of hydrogen-bond acceptors (Lipinski definition) is 7. The molecule has 0 saturated carbocycles. The van der Waals surface area contributed by atoms with Crippen LogP contribution in [-0.4, -0.2) is 57.0 Å². The Kier molecular flexibility index (Phi) is 10.1. The van der Waals surface area contributed by atoms with Gasteiger partial charge in [-0.05, 0) is 54.4 Å². The minimum atomic E-state index is -0.868. The van der Waals surface area contributed by atoms with Gasteiger partial charge in [-0.25, -0.2) is 4.98 Å².